The lowest BCUT2D eigenvalue weighted by atomic mass is 10.5. The summed E-state index contributed by atoms with van der Waals surface area (Å²) in [5.74, 6) is 0. The third kappa shape index (κ3) is 7.94. The molecule has 0 rings (SSSR count). The number of hydrogen-bond acceptors (Lipinski definition) is 4. The van der Waals surface area contributed by atoms with Crippen LogP contribution in [0.5, 0.6) is 0 Å². The van der Waals surface area contributed by atoms with Crippen LogP contribution in [0.3, 0.4) is 0 Å². The van der Waals surface area contributed by atoms with Crippen molar-refractivity contribution in [1.29, 1.82) is 0 Å². The maximum absolute atomic E-state index is 8.48. The van der Waals surface area contributed by atoms with E-state index in [-0.39, 0.29) is 6.61 Å². The van der Waals surface area contributed by atoms with Crippen LogP contribution in [-0.4, -0.2) is 63.6 Å². The van der Waals surface area contributed by atoms with E-state index < -0.39 is 0 Å². The van der Waals surface area contributed by atoms with Crippen molar-refractivity contribution in [3.63, 3.8) is 0 Å². The Kier molecular flexibility index (Phi) is 8.81. The number of likely N-dealkylation sites (N-methyl/N-ethyl adjacent to an activating group) is 1. The lowest BCUT2D eigenvalue weighted by Gasteiger charge is -2.15. The third-order valence-corrected chi connectivity index (χ3v) is 1.64. The minimum atomic E-state index is 0.210. The highest BCUT2D eigenvalue weighted by Gasteiger charge is 1.95. The van der Waals surface area contributed by atoms with Crippen LogP contribution in [0.25, 0.3) is 0 Å². The molecule has 0 amide bonds. The zero-order chi connectivity index (χ0) is 9.23. The van der Waals surface area contributed by atoms with Crippen LogP contribution >= 0.6 is 0 Å². The standard InChI is InChI=1S/C8H20N2O2/c1-10(6-8-12-2)5-3-9-4-7-11/h9,11H,3-8H2,1-2H3. The maximum atomic E-state index is 8.48. The highest BCUT2D eigenvalue weighted by Crippen LogP contribution is 1.80. The van der Waals surface area contributed by atoms with E-state index in [2.05, 4.69) is 17.3 Å². The summed E-state index contributed by atoms with van der Waals surface area (Å²) in [5, 5.41) is 11.6. The van der Waals surface area contributed by atoms with Crippen molar-refractivity contribution in [2.24, 2.45) is 0 Å². The van der Waals surface area contributed by atoms with E-state index in [9.17, 15) is 0 Å². The second kappa shape index (κ2) is 8.93. The Bertz CT molecular complexity index is 91.1. The minimum absolute atomic E-state index is 0.210. The number of aliphatic hydroxyl groups is 1. The van der Waals surface area contributed by atoms with E-state index in [1.165, 1.54) is 0 Å². The van der Waals surface area contributed by atoms with Crippen LogP contribution < -0.4 is 5.32 Å². The third-order valence-electron chi connectivity index (χ3n) is 1.64. The molecule has 0 saturated heterocycles. The number of methoxy groups -OCH3 is 1. The molecule has 74 valence electrons. The Morgan fingerprint density at radius 2 is 2.08 bits per heavy atom. The Morgan fingerprint density at radius 3 is 2.67 bits per heavy atom. The number of nitrogens with one attached hydrogen (secondary N) is 1. The van der Waals surface area contributed by atoms with Gasteiger partial charge in [-0.15, -0.1) is 0 Å². The number of aliphatic hydroxyl groups excluding tert-OH is 1. The highest BCUT2D eigenvalue weighted by molar-refractivity contribution is 4.53. The molecule has 4 heteroatoms. The second-order valence-corrected chi connectivity index (χ2v) is 2.77. The number of nitrogens with zero attached hydrogens (tertiary/aromatic N) is 1. The van der Waals surface area contributed by atoms with Gasteiger partial charge in [0.05, 0.1) is 13.2 Å². The molecule has 0 aliphatic carbocycles. The van der Waals surface area contributed by atoms with Gasteiger partial charge < -0.3 is 20.1 Å². The fourth-order valence-electron chi connectivity index (χ4n) is 0.833. The first-order chi connectivity index (χ1) is 5.81. The van der Waals surface area contributed by atoms with Crippen molar-refractivity contribution in [2.75, 3.05) is 53.6 Å². The molecule has 0 fully saturated rings. The summed E-state index contributed by atoms with van der Waals surface area (Å²) in [6.07, 6.45) is 0. The molecule has 0 aromatic heterocycles. The zero-order valence-electron chi connectivity index (χ0n) is 8.05. The van der Waals surface area contributed by atoms with Gasteiger partial charge in [-0.05, 0) is 7.05 Å². The predicted molar refractivity (Wildman–Crippen MR) is 49.3 cm³/mol. The highest BCUT2D eigenvalue weighted by atomic mass is 16.5. The van der Waals surface area contributed by atoms with Gasteiger partial charge in [0.2, 0.25) is 0 Å². The number of hydrogen-bond donors (Lipinski definition) is 2. The maximum Gasteiger partial charge on any atom is 0.0589 e. The monoisotopic (exact) mass is 176 g/mol. The molecular formula is C8H20N2O2. The fourth-order valence-corrected chi connectivity index (χ4v) is 0.833. The van der Waals surface area contributed by atoms with E-state index in [0.717, 1.165) is 26.2 Å². The fraction of sp³-hybridized carbons (Fsp3) is 1.00. The van der Waals surface area contributed by atoms with Crippen molar-refractivity contribution in [1.82, 2.24) is 10.2 Å². The van der Waals surface area contributed by atoms with Crippen LogP contribution in [0.2, 0.25) is 0 Å². The molecule has 0 heterocycles. The van der Waals surface area contributed by atoms with Gasteiger partial charge in [-0.2, -0.15) is 0 Å². The summed E-state index contributed by atoms with van der Waals surface area (Å²) in [6.45, 7) is 4.53. The first-order valence-corrected chi connectivity index (χ1v) is 4.30. The summed E-state index contributed by atoms with van der Waals surface area (Å²) < 4.78 is 4.94. The van der Waals surface area contributed by atoms with Gasteiger partial charge in [0.15, 0.2) is 0 Å². The molecule has 0 aliphatic rings. The van der Waals surface area contributed by atoms with Gasteiger partial charge in [-0.3, -0.25) is 0 Å². The van der Waals surface area contributed by atoms with Gasteiger partial charge in [0.25, 0.3) is 0 Å². The molecule has 2 N–H and O–H groups in total. The summed E-state index contributed by atoms with van der Waals surface area (Å²) in [7, 11) is 3.76. The van der Waals surface area contributed by atoms with Gasteiger partial charge in [-0.1, -0.05) is 0 Å². The molecule has 0 aromatic rings. The Labute approximate surface area is 74.5 Å². The van der Waals surface area contributed by atoms with E-state index >= 15 is 0 Å². The van der Waals surface area contributed by atoms with Crippen LogP contribution in [0.15, 0.2) is 0 Å². The molecule has 0 atom stereocenters. The van der Waals surface area contributed by atoms with E-state index in [4.69, 9.17) is 9.84 Å². The van der Waals surface area contributed by atoms with Crippen LogP contribution in [-0.2, 0) is 4.74 Å². The smallest absolute Gasteiger partial charge is 0.0589 e. The normalized spacial score (nSPS) is 11.0. The van der Waals surface area contributed by atoms with E-state index in [1.54, 1.807) is 7.11 Å². The van der Waals surface area contributed by atoms with E-state index in [0.29, 0.717) is 6.54 Å². The van der Waals surface area contributed by atoms with Crippen molar-refractivity contribution in [3.8, 4) is 0 Å². The van der Waals surface area contributed by atoms with Crippen molar-refractivity contribution >= 4 is 0 Å². The summed E-state index contributed by atoms with van der Waals surface area (Å²) >= 11 is 0. The van der Waals surface area contributed by atoms with Crippen molar-refractivity contribution in [2.45, 2.75) is 0 Å². The molecule has 0 bridgehead atoms. The molecule has 12 heavy (non-hydrogen) atoms. The largest absolute Gasteiger partial charge is 0.395 e. The minimum Gasteiger partial charge on any atom is -0.395 e. The molecule has 4 nitrogen and oxygen atoms in total. The van der Waals surface area contributed by atoms with Crippen LogP contribution in [0.4, 0.5) is 0 Å². The first-order valence-electron chi connectivity index (χ1n) is 4.30. The van der Waals surface area contributed by atoms with E-state index in [1.807, 2.05) is 0 Å². The van der Waals surface area contributed by atoms with Crippen molar-refractivity contribution in [3.05, 3.63) is 0 Å². The summed E-state index contributed by atoms with van der Waals surface area (Å²) in [4.78, 5) is 2.19. The molecule has 0 aliphatic heterocycles. The van der Waals surface area contributed by atoms with Gasteiger partial charge in [-0.25, -0.2) is 0 Å². The quantitative estimate of drug-likeness (QED) is 0.473. The molecule has 0 saturated carbocycles. The lowest BCUT2D eigenvalue weighted by molar-refractivity contribution is 0.161. The average Bonchev–Trinajstić information content (AvgIpc) is 2.09. The van der Waals surface area contributed by atoms with Crippen LogP contribution in [0, 0.1) is 0 Å². The molecule has 0 radical (unpaired) electrons. The molecule has 0 aromatic carbocycles. The SMILES string of the molecule is COCCN(C)CCNCCO. The average molecular weight is 176 g/mol. The number of rotatable bonds is 8. The predicted octanol–water partition coefficient (Wildman–Crippen LogP) is -0.853. The molecule has 0 unspecified atom stereocenters. The Morgan fingerprint density at radius 1 is 1.33 bits per heavy atom. The Hall–Kier alpha value is -0.160. The summed E-state index contributed by atoms with van der Waals surface area (Å²) in [6, 6.07) is 0. The van der Waals surface area contributed by atoms with Crippen LogP contribution in [0.1, 0.15) is 0 Å². The van der Waals surface area contributed by atoms with Gasteiger partial charge >= 0.3 is 0 Å². The molecule has 0 spiro atoms. The topological polar surface area (TPSA) is 44.7 Å². The Balaban J connectivity index is 3.02. The lowest BCUT2D eigenvalue weighted by Crippen LogP contribution is -2.32. The second-order valence-electron chi connectivity index (χ2n) is 2.77. The van der Waals surface area contributed by atoms with Gasteiger partial charge in [0.1, 0.15) is 0 Å². The molecular weight excluding hydrogens is 156 g/mol. The summed E-state index contributed by atoms with van der Waals surface area (Å²) in [5.41, 5.74) is 0. The van der Waals surface area contributed by atoms with Gasteiger partial charge in [0, 0.05) is 33.3 Å². The van der Waals surface area contributed by atoms with Crippen molar-refractivity contribution < 1.29 is 9.84 Å². The number of ether oxygens (including phenoxy) is 1. The first kappa shape index (κ1) is 11.8. The zero-order valence-corrected chi connectivity index (χ0v) is 8.05.